The Bertz CT molecular complexity index is 255. The number of nitrogens with two attached hydrogens (primary N) is 1. The van der Waals surface area contributed by atoms with Gasteiger partial charge in [-0.1, -0.05) is 33.1 Å². The van der Waals surface area contributed by atoms with E-state index in [1.807, 2.05) is 0 Å². The molecule has 3 nitrogen and oxygen atoms in total. The van der Waals surface area contributed by atoms with E-state index in [4.69, 9.17) is 12.2 Å². The van der Waals surface area contributed by atoms with Crippen molar-refractivity contribution in [3.8, 4) is 12.3 Å². The maximum atomic E-state index is 11.8. The van der Waals surface area contributed by atoms with Crippen LogP contribution >= 0.6 is 0 Å². The highest BCUT2D eigenvalue weighted by molar-refractivity contribution is 5.76. The molecule has 0 radical (unpaired) electrons. The molecule has 0 aromatic carbocycles. The Hall–Kier alpha value is -1.01. The van der Waals surface area contributed by atoms with E-state index in [9.17, 15) is 4.79 Å². The zero-order valence-corrected chi connectivity index (χ0v) is 11.3. The molecule has 0 fully saturated rings. The van der Waals surface area contributed by atoms with Crippen LogP contribution in [0.25, 0.3) is 0 Å². The predicted octanol–water partition coefficient (Wildman–Crippen LogP) is 1.92. The molecule has 0 aliphatic heterocycles. The van der Waals surface area contributed by atoms with Crippen LogP contribution in [-0.2, 0) is 4.79 Å². The molecule has 0 aliphatic rings. The first-order valence-electron chi connectivity index (χ1n) is 6.49. The van der Waals surface area contributed by atoms with Gasteiger partial charge in [-0.25, -0.2) is 0 Å². The third kappa shape index (κ3) is 7.82. The highest BCUT2D eigenvalue weighted by Crippen LogP contribution is 2.14. The minimum atomic E-state index is -0.134. The van der Waals surface area contributed by atoms with E-state index in [1.165, 1.54) is 0 Å². The Morgan fingerprint density at radius 2 is 2.12 bits per heavy atom. The molecule has 0 saturated heterocycles. The van der Waals surface area contributed by atoms with Crippen LogP contribution in [0.4, 0.5) is 0 Å². The number of carbonyl (C=O) groups is 1. The number of amides is 1. The zero-order chi connectivity index (χ0) is 13.3. The molecule has 0 bridgehead atoms. The Labute approximate surface area is 106 Å². The first-order valence-corrected chi connectivity index (χ1v) is 6.49. The second-order valence-corrected chi connectivity index (χ2v) is 5.01. The van der Waals surface area contributed by atoms with E-state index in [-0.39, 0.29) is 17.9 Å². The number of terminal acetylenes is 1. The molecule has 0 rings (SSSR count). The van der Waals surface area contributed by atoms with Crippen LogP contribution in [0.5, 0.6) is 0 Å². The van der Waals surface area contributed by atoms with E-state index in [2.05, 4.69) is 32.0 Å². The van der Waals surface area contributed by atoms with Gasteiger partial charge in [0.2, 0.25) is 5.91 Å². The van der Waals surface area contributed by atoms with Crippen molar-refractivity contribution in [2.75, 3.05) is 6.54 Å². The summed E-state index contributed by atoms with van der Waals surface area (Å²) in [5, 5.41) is 2.88. The van der Waals surface area contributed by atoms with Crippen LogP contribution in [0.3, 0.4) is 0 Å². The molecule has 1 unspecified atom stereocenters. The van der Waals surface area contributed by atoms with E-state index >= 15 is 0 Å². The molecule has 0 heterocycles. The second kappa shape index (κ2) is 9.07. The van der Waals surface area contributed by atoms with Gasteiger partial charge in [0.15, 0.2) is 0 Å². The molecule has 3 heteroatoms. The summed E-state index contributed by atoms with van der Waals surface area (Å²) in [6.07, 6.45) is 8.64. The largest absolute Gasteiger partial charge is 0.342 e. The van der Waals surface area contributed by atoms with Crippen molar-refractivity contribution in [2.45, 2.75) is 52.5 Å². The van der Waals surface area contributed by atoms with Gasteiger partial charge in [-0.2, -0.15) is 0 Å². The van der Waals surface area contributed by atoms with Gasteiger partial charge in [-0.05, 0) is 31.2 Å². The van der Waals surface area contributed by atoms with Crippen LogP contribution in [0.1, 0.15) is 46.5 Å². The standard InChI is InChI=1S/C14H26N2O/c1-5-7-13(6-2)16-14(17)9-12(10-15)8-11(3)4/h2,11-13H,5,7-10,15H2,1,3-4H3,(H,16,17)/t12-,13?/m0/s1. The predicted molar refractivity (Wildman–Crippen MR) is 72.3 cm³/mol. The van der Waals surface area contributed by atoms with Gasteiger partial charge < -0.3 is 11.1 Å². The maximum absolute atomic E-state index is 11.8. The van der Waals surface area contributed by atoms with Crippen molar-refractivity contribution in [1.82, 2.24) is 5.32 Å². The fraction of sp³-hybridized carbons (Fsp3) is 0.786. The molecule has 98 valence electrons. The summed E-state index contributed by atoms with van der Waals surface area (Å²) in [7, 11) is 0. The quantitative estimate of drug-likeness (QED) is 0.635. The number of carbonyl (C=O) groups excluding carboxylic acids is 1. The van der Waals surface area contributed by atoms with Crippen molar-refractivity contribution in [2.24, 2.45) is 17.6 Å². The molecule has 0 aromatic rings. The van der Waals surface area contributed by atoms with E-state index in [0.29, 0.717) is 18.9 Å². The van der Waals surface area contributed by atoms with Gasteiger partial charge in [0.05, 0.1) is 6.04 Å². The summed E-state index contributed by atoms with van der Waals surface area (Å²) in [6, 6.07) is -0.134. The number of nitrogens with one attached hydrogen (secondary N) is 1. The molecular weight excluding hydrogens is 212 g/mol. The van der Waals surface area contributed by atoms with Crippen LogP contribution in [0, 0.1) is 24.2 Å². The lowest BCUT2D eigenvalue weighted by molar-refractivity contribution is -0.122. The van der Waals surface area contributed by atoms with Crippen LogP contribution in [0.15, 0.2) is 0 Å². The molecule has 17 heavy (non-hydrogen) atoms. The van der Waals surface area contributed by atoms with Crippen molar-refractivity contribution >= 4 is 5.91 Å². The van der Waals surface area contributed by atoms with Crippen molar-refractivity contribution < 1.29 is 4.79 Å². The van der Waals surface area contributed by atoms with Crippen molar-refractivity contribution in [3.05, 3.63) is 0 Å². The molecule has 2 atom stereocenters. The van der Waals surface area contributed by atoms with E-state index in [1.54, 1.807) is 0 Å². The summed E-state index contributed by atoms with van der Waals surface area (Å²) >= 11 is 0. The molecule has 0 aromatic heterocycles. The maximum Gasteiger partial charge on any atom is 0.221 e. The molecular formula is C14H26N2O. The Balaban J connectivity index is 4.09. The third-order valence-electron chi connectivity index (χ3n) is 2.73. The lowest BCUT2D eigenvalue weighted by Crippen LogP contribution is -2.35. The Morgan fingerprint density at radius 1 is 1.47 bits per heavy atom. The topological polar surface area (TPSA) is 55.1 Å². The first kappa shape index (κ1) is 16.0. The fourth-order valence-corrected chi connectivity index (χ4v) is 1.93. The molecule has 0 spiro atoms. The lowest BCUT2D eigenvalue weighted by atomic mass is 9.94. The zero-order valence-electron chi connectivity index (χ0n) is 11.3. The normalized spacial score (nSPS) is 14.1. The highest BCUT2D eigenvalue weighted by Gasteiger charge is 2.15. The first-order chi connectivity index (χ1) is 8.03. The fourth-order valence-electron chi connectivity index (χ4n) is 1.93. The minimum absolute atomic E-state index is 0.0255. The van der Waals surface area contributed by atoms with E-state index < -0.39 is 0 Å². The monoisotopic (exact) mass is 238 g/mol. The van der Waals surface area contributed by atoms with Gasteiger partial charge in [0.25, 0.3) is 0 Å². The van der Waals surface area contributed by atoms with Gasteiger partial charge in [0.1, 0.15) is 0 Å². The summed E-state index contributed by atoms with van der Waals surface area (Å²) in [5.41, 5.74) is 5.67. The number of rotatable bonds is 8. The second-order valence-electron chi connectivity index (χ2n) is 5.01. The molecule has 0 aliphatic carbocycles. The molecule has 3 N–H and O–H groups in total. The minimum Gasteiger partial charge on any atom is -0.342 e. The Kier molecular flexibility index (Phi) is 8.53. The third-order valence-corrected chi connectivity index (χ3v) is 2.73. The average molecular weight is 238 g/mol. The SMILES string of the molecule is C#CC(CCC)NC(=O)C[C@@H](CN)CC(C)C. The van der Waals surface area contributed by atoms with Crippen LogP contribution in [-0.4, -0.2) is 18.5 Å². The van der Waals surface area contributed by atoms with Gasteiger partial charge in [0, 0.05) is 6.42 Å². The number of hydrogen-bond donors (Lipinski definition) is 2. The summed E-state index contributed by atoms with van der Waals surface area (Å²) in [5.74, 6) is 3.45. The van der Waals surface area contributed by atoms with Crippen LogP contribution < -0.4 is 11.1 Å². The van der Waals surface area contributed by atoms with Gasteiger partial charge in [-0.15, -0.1) is 6.42 Å². The molecule has 1 amide bonds. The van der Waals surface area contributed by atoms with Crippen molar-refractivity contribution in [1.29, 1.82) is 0 Å². The smallest absolute Gasteiger partial charge is 0.221 e. The lowest BCUT2D eigenvalue weighted by Gasteiger charge is -2.18. The van der Waals surface area contributed by atoms with Crippen LogP contribution in [0.2, 0.25) is 0 Å². The van der Waals surface area contributed by atoms with Crippen molar-refractivity contribution in [3.63, 3.8) is 0 Å². The average Bonchev–Trinajstić information content (AvgIpc) is 2.26. The summed E-state index contributed by atoms with van der Waals surface area (Å²) in [6.45, 7) is 6.89. The molecule has 0 saturated carbocycles. The van der Waals surface area contributed by atoms with E-state index in [0.717, 1.165) is 19.3 Å². The number of hydrogen-bond acceptors (Lipinski definition) is 2. The highest BCUT2D eigenvalue weighted by atomic mass is 16.1. The Morgan fingerprint density at radius 3 is 2.53 bits per heavy atom. The van der Waals surface area contributed by atoms with Gasteiger partial charge in [-0.3, -0.25) is 4.79 Å². The summed E-state index contributed by atoms with van der Waals surface area (Å²) < 4.78 is 0. The summed E-state index contributed by atoms with van der Waals surface area (Å²) in [4.78, 5) is 11.8. The van der Waals surface area contributed by atoms with Gasteiger partial charge >= 0.3 is 0 Å².